The number of ether oxygens (including phenoxy) is 1. The van der Waals surface area contributed by atoms with Crippen molar-refractivity contribution in [3.05, 3.63) is 69.2 Å². The van der Waals surface area contributed by atoms with E-state index in [0.29, 0.717) is 50.3 Å². The minimum Gasteiger partial charge on any atom is -0.462 e. The Labute approximate surface area is 220 Å². The average Bonchev–Trinajstić information content (AvgIpc) is 3.15. The number of hydrogen-bond donors (Lipinski definition) is 0. The molecule has 3 rings (SSSR count). The number of aliphatic imine (C=N–C) groups is 1. The molecular formula is C25H27Cl2N3O2S2. The van der Waals surface area contributed by atoms with Gasteiger partial charge in [-0.1, -0.05) is 62.2 Å². The molecule has 1 aliphatic rings. The van der Waals surface area contributed by atoms with Gasteiger partial charge in [0.15, 0.2) is 5.11 Å². The van der Waals surface area contributed by atoms with E-state index in [1.54, 1.807) is 12.1 Å². The minimum absolute atomic E-state index is 0.201. The van der Waals surface area contributed by atoms with Crippen LogP contribution in [0.5, 0.6) is 0 Å². The Bertz CT molecular complexity index is 1120. The summed E-state index contributed by atoms with van der Waals surface area (Å²) in [6.45, 7) is 8.77. The number of thiocarbonyl (C=S) groups is 1. The zero-order valence-corrected chi connectivity index (χ0v) is 22.7. The van der Waals surface area contributed by atoms with Gasteiger partial charge in [-0.3, -0.25) is 14.2 Å². The van der Waals surface area contributed by atoms with Crippen molar-refractivity contribution >= 4 is 75.5 Å². The van der Waals surface area contributed by atoms with Gasteiger partial charge in [0.25, 0.3) is 0 Å². The average molecular weight is 537 g/mol. The SMILES string of the molecule is CCCN=C(C)C(C(=O)OCC(C)C)=C1SN(c2ccccc2)C(=S)N1c1ccc(Cl)c(Cl)c1. The van der Waals surface area contributed by atoms with Crippen LogP contribution in [0.25, 0.3) is 0 Å². The molecule has 1 fully saturated rings. The number of nitrogens with zero attached hydrogens (tertiary/aromatic N) is 3. The third-order valence-electron chi connectivity index (χ3n) is 4.80. The van der Waals surface area contributed by atoms with Crippen molar-refractivity contribution < 1.29 is 9.53 Å². The molecule has 0 atom stereocenters. The lowest BCUT2D eigenvalue weighted by Crippen LogP contribution is -2.31. The second-order valence-electron chi connectivity index (χ2n) is 8.08. The van der Waals surface area contributed by atoms with Crippen LogP contribution in [-0.2, 0) is 9.53 Å². The van der Waals surface area contributed by atoms with E-state index in [4.69, 9.17) is 40.2 Å². The van der Waals surface area contributed by atoms with Crippen LogP contribution in [0.1, 0.15) is 34.1 Å². The van der Waals surface area contributed by atoms with Crippen LogP contribution < -0.4 is 9.21 Å². The van der Waals surface area contributed by atoms with E-state index in [0.717, 1.165) is 12.1 Å². The van der Waals surface area contributed by atoms with Crippen molar-refractivity contribution in [3.63, 3.8) is 0 Å². The van der Waals surface area contributed by atoms with Gasteiger partial charge in [-0.15, -0.1) is 0 Å². The molecule has 180 valence electrons. The Kier molecular flexibility index (Phi) is 9.42. The third kappa shape index (κ3) is 6.13. The summed E-state index contributed by atoms with van der Waals surface area (Å²) in [6.07, 6.45) is 0.860. The Morgan fingerprint density at radius 2 is 1.82 bits per heavy atom. The van der Waals surface area contributed by atoms with E-state index >= 15 is 0 Å². The van der Waals surface area contributed by atoms with Crippen molar-refractivity contribution in [1.29, 1.82) is 0 Å². The predicted molar refractivity (Wildman–Crippen MR) is 149 cm³/mol. The van der Waals surface area contributed by atoms with E-state index < -0.39 is 5.97 Å². The first-order chi connectivity index (χ1) is 16.2. The van der Waals surface area contributed by atoms with Crippen molar-refractivity contribution in [2.75, 3.05) is 22.4 Å². The highest BCUT2D eigenvalue weighted by molar-refractivity contribution is 8.07. The fraction of sp³-hybridized carbons (Fsp3) is 0.320. The number of carbonyl (C=O) groups excluding carboxylic acids is 1. The predicted octanol–water partition coefficient (Wildman–Crippen LogP) is 7.53. The fourth-order valence-electron chi connectivity index (χ4n) is 3.14. The molecule has 0 aromatic heterocycles. The van der Waals surface area contributed by atoms with Crippen LogP contribution >= 0.6 is 47.4 Å². The van der Waals surface area contributed by atoms with E-state index in [-0.39, 0.29) is 5.92 Å². The highest BCUT2D eigenvalue weighted by Crippen LogP contribution is 2.44. The van der Waals surface area contributed by atoms with Gasteiger partial charge in [0, 0.05) is 24.2 Å². The summed E-state index contributed by atoms with van der Waals surface area (Å²) in [5.41, 5.74) is 2.56. The first-order valence-electron chi connectivity index (χ1n) is 11.0. The summed E-state index contributed by atoms with van der Waals surface area (Å²) >= 11 is 19.8. The molecule has 1 heterocycles. The standard InChI is InChI=1S/C25H27Cl2N3O2S2/c1-5-13-28-17(4)22(24(31)32-15-16(2)3)23-29(19-11-12-20(26)21(27)14-19)25(33)30(34-23)18-9-7-6-8-10-18/h6-12,14,16H,5,13,15H2,1-4H3. The summed E-state index contributed by atoms with van der Waals surface area (Å²) < 4.78 is 7.55. The smallest absolute Gasteiger partial charge is 0.342 e. The van der Waals surface area contributed by atoms with Gasteiger partial charge >= 0.3 is 5.97 Å². The summed E-state index contributed by atoms with van der Waals surface area (Å²) in [5, 5.41) is 1.93. The zero-order chi connectivity index (χ0) is 24.8. The molecule has 1 aliphatic heterocycles. The maximum absolute atomic E-state index is 13.4. The molecule has 0 spiro atoms. The molecule has 0 saturated carbocycles. The van der Waals surface area contributed by atoms with Crippen LogP contribution in [0, 0.1) is 5.92 Å². The quantitative estimate of drug-likeness (QED) is 0.114. The highest BCUT2D eigenvalue weighted by atomic mass is 35.5. The van der Waals surface area contributed by atoms with Gasteiger partial charge < -0.3 is 4.74 Å². The lowest BCUT2D eigenvalue weighted by atomic mass is 10.1. The summed E-state index contributed by atoms with van der Waals surface area (Å²) in [7, 11) is 0. The van der Waals surface area contributed by atoms with Crippen molar-refractivity contribution in [3.8, 4) is 0 Å². The summed E-state index contributed by atoms with van der Waals surface area (Å²) in [5.74, 6) is -0.233. The molecular weight excluding hydrogens is 509 g/mol. The number of carbonyl (C=O) groups is 1. The number of rotatable bonds is 8. The molecule has 2 aromatic carbocycles. The molecule has 5 nitrogen and oxygen atoms in total. The van der Waals surface area contributed by atoms with E-state index in [2.05, 4.69) is 4.99 Å². The van der Waals surface area contributed by atoms with E-state index in [1.807, 2.05) is 73.3 Å². The normalized spacial score (nSPS) is 15.9. The number of anilines is 2. The zero-order valence-electron chi connectivity index (χ0n) is 19.5. The first-order valence-corrected chi connectivity index (χ1v) is 12.9. The molecule has 0 amide bonds. The van der Waals surface area contributed by atoms with Crippen LogP contribution in [0.2, 0.25) is 10.0 Å². The van der Waals surface area contributed by atoms with Crippen LogP contribution in [-0.4, -0.2) is 29.9 Å². The number of para-hydroxylation sites is 1. The molecule has 0 bridgehead atoms. The van der Waals surface area contributed by atoms with Gasteiger partial charge in [-0.2, -0.15) is 0 Å². The second-order valence-corrected chi connectivity index (χ2v) is 10.2. The van der Waals surface area contributed by atoms with Crippen LogP contribution in [0.4, 0.5) is 11.4 Å². The molecule has 1 saturated heterocycles. The number of benzene rings is 2. The number of esters is 1. The van der Waals surface area contributed by atoms with Crippen molar-refractivity contribution in [1.82, 2.24) is 0 Å². The van der Waals surface area contributed by atoms with Gasteiger partial charge in [-0.25, -0.2) is 4.79 Å². The Balaban J connectivity index is 2.21. The lowest BCUT2D eigenvalue weighted by Gasteiger charge is -2.22. The van der Waals surface area contributed by atoms with Gasteiger partial charge in [0.05, 0.1) is 28.0 Å². The van der Waals surface area contributed by atoms with Crippen molar-refractivity contribution in [2.45, 2.75) is 34.1 Å². The topological polar surface area (TPSA) is 45.1 Å². The van der Waals surface area contributed by atoms with Crippen LogP contribution in [0.3, 0.4) is 0 Å². The third-order valence-corrected chi connectivity index (χ3v) is 7.14. The second kappa shape index (κ2) is 12.1. The number of halogens is 2. The molecule has 9 heteroatoms. The monoisotopic (exact) mass is 535 g/mol. The fourth-order valence-corrected chi connectivity index (χ4v) is 5.06. The largest absolute Gasteiger partial charge is 0.462 e. The molecule has 2 aromatic rings. The molecule has 34 heavy (non-hydrogen) atoms. The van der Waals surface area contributed by atoms with Gasteiger partial charge in [-0.05, 0) is 61.8 Å². The van der Waals surface area contributed by atoms with Gasteiger partial charge in [0.1, 0.15) is 10.6 Å². The molecule has 0 aliphatic carbocycles. The Morgan fingerprint density at radius 1 is 1.12 bits per heavy atom. The van der Waals surface area contributed by atoms with Gasteiger partial charge in [0.2, 0.25) is 0 Å². The minimum atomic E-state index is -0.434. The summed E-state index contributed by atoms with van der Waals surface area (Å²) in [6, 6.07) is 15.0. The Hall–Kier alpha value is -2.06. The number of hydrogen-bond acceptors (Lipinski definition) is 5. The molecule has 0 radical (unpaired) electrons. The summed E-state index contributed by atoms with van der Waals surface area (Å²) in [4.78, 5) is 19.8. The van der Waals surface area contributed by atoms with E-state index in [1.165, 1.54) is 11.9 Å². The Morgan fingerprint density at radius 3 is 2.44 bits per heavy atom. The first kappa shape index (κ1) is 26.5. The van der Waals surface area contributed by atoms with Crippen LogP contribution in [0.15, 0.2) is 64.1 Å². The van der Waals surface area contributed by atoms with E-state index in [9.17, 15) is 4.79 Å². The maximum atomic E-state index is 13.4. The van der Waals surface area contributed by atoms with Crippen molar-refractivity contribution in [2.24, 2.45) is 10.9 Å². The highest BCUT2D eigenvalue weighted by Gasteiger charge is 2.38. The molecule has 0 unspecified atom stereocenters. The lowest BCUT2D eigenvalue weighted by molar-refractivity contribution is -0.139. The molecule has 0 N–H and O–H groups in total. The maximum Gasteiger partial charge on any atom is 0.342 e.